The van der Waals surface area contributed by atoms with E-state index in [-0.39, 0.29) is 25.0 Å². The molecule has 7 nitrogen and oxygen atoms in total. The highest BCUT2D eigenvalue weighted by molar-refractivity contribution is 8.02. The Morgan fingerprint density at radius 3 is 2.52 bits per heavy atom. The largest absolute Gasteiger partial charge is 0.461 e. The molecule has 4 aliphatic rings. The molecule has 6 atom stereocenters. The van der Waals surface area contributed by atoms with Crippen LogP contribution in [0.4, 0.5) is 0 Å². The molecule has 4 rings (SSSR count). The minimum atomic E-state index is -0.892. The number of ether oxygens (including phenoxy) is 1. The van der Waals surface area contributed by atoms with Crippen molar-refractivity contribution in [2.24, 2.45) is 11.8 Å². The molecule has 2 saturated heterocycles. The lowest BCUT2D eigenvalue weighted by molar-refractivity contribution is -0.153. The molecule has 8 heteroatoms. The van der Waals surface area contributed by atoms with Crippen molar-refractivity contribution >= 4 is 29.5 Å². The Balaban J connectivity index is 1.93. The molecule has 0 aromatic carbocycles. The lowest BCUT2D eigenvalue weighted by atomic mass is 9.75. The van der Waals surface area contributed by atoms with E-state index < -0.39 is 44.9 Å². The van der Waals surface area contributed by atoms with Crippen LogP contribution in [0.3, 0.4) is 0 Å². The van der Waals surface area contributed by atoms with Gasteiger partial charge in [-0.1, -0.05) is 25.2 Å². The number of carbonyl (C=O) groups is 3. The lowest BCUT2D eigenvalue weighted by Gasteiger charge is -2.42. The Morgan fingerprint density at radius 1 is 1.19 bits per heavy atom. The lowest BCUT2D eigenvalue weighted by Crippen LogP contribution is -2.59. The van der Waals surface area contributed by atoms with Crippen LogP contribution in [0.2, 0.25) is 0 Å². The molecular formula is C23H32N2O5S. The number of hydrogen-bond donors (Lipinski definition) is 1. The highest BCUT2D eigenvalue weighted by Crippen LogP contribution is 2.65. The van der Waals surface area contributed by atoms with Crippen LogP contribution in [-0.2, 0) is 19.1 Å². The summed E-state index contributed by atoms with van der Waals surface area (Å²) in [4.78, 5) is 44.4. The Morgan fingerprint density at radius 2 is 1.90 bits per heavy atom. The van der Waals surface area contributed by atoms with Gasteiger partial charge in [0.05, 0.1) is 29.2 Å². The number of rotatable bonds is 3. The Bertz CT molecular complexity index is 861. The van der Waals surface area contributed by atoms with Gasteiger partial charge in [-0.3, -0.25) is 14.4 Å². The van der Waals surface area contributed by atoms with E-state index in [0.29, 0.717) is 13.0 Å². The van der Waals surface area contributed by atoms with Gasteiger partial charge in [-0.2, -0.15) is 0 Å². The van der Waals surface area contributed by atoms with Crippen molar-refractivity contribution in [1.29, 1.82) is 0 Å². The number of esters is 1. The summed E-state index contributed by atoms with van der Waals surface area (Å²) in [6.45, 7) is 10.2. The summed E-state index contributed by atoms with van der Waals surface area (Å²) < 4.78 is 3.87. The summed E-state index contributed by atoms with van der Waals surface area (Å²) >= 11 is 1.53. The van der Waals surface area contributed by atoms with Crippen LogP contribution in [0.5, 0.6) is 0 Å². The fraction of sp³-hybridized carbons (Fsp3) is 0.696. The van der Waals surface area contributed by atoms with E-state index in [1.165, 1.54) is 11.8 Å². The maximum Gasteiger partial charge on any atom is 0.311 e. The Labute approximate surface area is 187 Å². The van der Waals surface area contributed by atoms with Gasteiger partial charge >= 0.3 is 5.97 Å². The first-order valence-electron chi connectivity index (χ1n) is 11.0. The van der Waals surface area contributed by atoms with Gasteiger partial charge in [0, 0.05) is 16.8 Å². The number of hydrogen-bond acceptors (Lipinski definition) is 6. The van der Waals surface area contributed by atoms with Crippen molar-refractivity contribution in [3.8, 4) is 0 Å². The number of thioether (sulfide) groups is 1. The third-order valence-corrected chi connectivity index (χ3v) is 8.93. The zero-order valence-corrected chi connectivity index (χ0v) is 19.6. The molecular weight excluding hydrogens is 416 g/mol. The van der Waals surface area contributed by atoms with Crippen LogP contribution in [0.25, 0.3) is 0 Å². The van der Waals surface area contributed by atoms with E-state index in [1.807, 2.05) is 58.9 Å². The monoisotopic (exact) mass is 448 g/mol. The Hall–Kier alpha value is -1.80. The van der Waals surface area contributed by atoms with Gasteiger partial charge in [-0.25, -0.2) is 0 Å². The number of fused-ring (bicyclic) bond motifs is 2. The summed E-state index contributed by atoms with van der Waals surface area (Å²) in [5.74, 6) is -2.18. The van der Waals surface area contributed by atoms with Gasteiger partial charge < -0.3 is 19.6 Å². The predicted molar refractivity (Wildman–Crippen MR) is 118 cm³/mol. The molecule has 0 radical (unpaired) electrons. The third-order valence-electron chi connectivity index (χ3n) is 7.14. The second kappa shape index (κ2) is 7.37. The SMILES string of the molecule is CC[C@@H](CO)N1C(=O)[C@@H]2[C@H]3C(=O)OCC=C[C@@]3(C)S[C@@]23C=CCN(C(C)(C)C)C(=O)C13. The fourth-order valence-electron chi connectivity index (χ4n) is 5.71. The molecule has 1 N–H and O–H groups in total. The number of likely N-dealkylation sites (tertiary alicyclic amines) is 1. The van der Waals surface area contributed by atoms with Gasteiger partial charge in [0.2, 0.25) is 11.8 Å². The fourth-order valence-corrected chi connectivity index (χ4v) is 7.85. The van der Waals surface area contributed by atoms with E-state index in [2.05, 4.69) is 0 Å². The van der Waals surface area contributed by atoms with Gasteiger partial charge in [0.1, 0.15) is 12.6 Å². The van der Waals surface area contributed by atoms with E-state index in [1.54, 1.807) is 9.80 Å². The minimum Gasteiger partial charge on any atom is -0.461 e. The van der Waals surface area contributed by atoms with E-state index in [0.717, 1.165) is 0 Å². The smallest absolute Gasteiger partial charge is 0.311 e. The zero-order chi connectivity index (χ0) is 22.8. The van der Waals surface area contributed by atoms with Crippen molar-refractivity contribution < 1.29 is 24.2 Å². The zero-order valence-electron chi connectivity index (χ0n) is 18.8. The third kappa shape index (κ3) is 3.09. The number of aliphatic hydroxyl groups excluding tert-OH is 1. The van der Waals surface area contributed by atoms with Gasteiger partial charge in [0.15, 0.2) is 0 Å². The molecule has 0 aromatic rings. The molecule has 1 spiro atoms. The van der Waals surface area contributed by atoms with Crippen molar-refractivity contribution in [3.05, 3.63) is 24.3 Å². The van der Waals surface area contributed by atoms with Crippen molar-refractivity contribution in [1.82, 2.24) is 9.80 Å². The van der Waals surface area contributed by atoms with Crippen molar-refractivity contribution in [2.45, 2.75) is 68.2 Å². The molecule has 4 heterocycles. The van der Waals surface area contributed by atoms with Crippen LogP contribution in [0.15, 0.2) is 24.3 Å². The van der Waals surface area contributed by atoms with Crippen molar-refractivity contribution in [3.63, 3.8) is 0 Å². The summed E-state index contributed by atoms with van der Waals surface area (Å²) in [7, 11) is 0. The van der Waals surface area contributed by atoms with Gasteiger partial charge in [-0.15, -0.1) is 11.8 Å². The normalized spacial score (nSPS) is 38.4. The van der Waals surface area contributed by atoms with Crippen LogP contribution in [0, 0.1) is 11.8 Å². The highest BCUT2D eigenvalue weighted by atomic mass is 32.2. The first-order valence-corrected chi connectivity index (χ1v) is 11.8. The minimum absolute atomic E-state index is 0.134. The molecule has 170 valence electrons. The summed E-state index contributed by atoms with van der Waals surface area (Å²) in [6, 6.07) is -1.27. The topological polar surface area (TPSA) is 87.2 Å². The summed E-state index contributed by atoms with van der Waals surface area (Å²) in [5.41, 5.74) is -0.434. The van der Waals surface area contributed by atoms with Gasteiger partial charge in [-0.05, 0) is 40.2 Å². The number of cyclic esters (lactones) is 1. The quantitative estimate of drug-likeness (QED) is 0.523. The first kappa shape index (κ1) is 22.4. The number of aliphatic hydroxyl groups is 1. The molecule has 0 saturated carbocycles. The first-order chi connectivity index (χ1) is 14.5. The van der Waals surface area contributed by atoms with Crippen LogP contribution in [0.1, 0.15) is 41.0 Å². The maximum atomic E-state index is 14.0. The standard InChI is InChI=1S/C23H32N2O5S/c1-6-14(13-26)25-17-19(28)24(21(2,3)4)11-7-10-23(17)15(18(25)27)16-20(29)30-12-8-9-22(16,5)31-23/h7-10,14-17,26H,6,11-13H2,1-5H3/t14-,15-,16-,17?,22+,23-/m0/s1. The maximum absolute atomic E-state index is 14.0. The average molecular weight is 449 g/mol. The van der Waals surface area contributed by atoms with E-state index in [4.69, 9.17) is 4.74 Å². The predicted octanol–water partition coefficient (Wildman–Crippen LogP) is 1.75. The molecule has 31 heavy (non-hydrogen) atoms. The summed E-state index contributed by atoms with van der Waals surface area (Å²) in [5, 5.41) is 10.1. The molecule has 2 amide bonds. The second-order valence-electron chi connectivity index (χ2n) is 10.0. The van der Waals surface area contributed by atoms with E-state index >= 15 is 0 Å². The molecule has 0 bridgehead atoms. The summed E-state index contributed by atoms with van der Waals surface area (Å²) in [6.07, 6.45) is 8.25. The van der Waals surface area contributed by atoms with Crippen molar-refractivity contribution in [2.75, 3.05) is 19.8 Å². The Kier molecular flexibility index (Phi) is 5.33. The van der Waals surface area contributed by atoms with E-state index in [9.17, 15) is 19.5 Å². The van der Waals surface area contributed by atoms with Crippen LogP contribution >= 0.6 is 11.8 Å². The van der Waals surface area contributed by atoms with Crippen LogP contribution < -0.4 is 0 Å². The second-order valence-corrected chi connectivity index (χ2v) is 11.8. The van der Waals surface area contributed by atoms with Gasteiger partial charge in [0.25, 0.3) is 0 Å². The van der Waals surface area contributed by atoms with Crippen LogP contribution in [-0.4, -0.2) is 79.6 Å². The molecule has 1 unspecified atom stereocenters. The number of amides is 2. The molecule has 4 aliphatic heterocycles. The number of nitrogens with zero attached hydrogens (tertiary/aromatic N) is 2. The number of carbonyl (C=O) groups excluding carboxylic acids is 3. The molecule has 0 aromatic heterocycles. The molecule has 0 aliphatic carbocycles. The highest BCUT2D eigenvalue weighted by Gasteiger charge is 2.74. The molecule has 2 fully saturated rings. The average Bonchev–Trinajstić information content (AvgIpc) is 2.93.